The van der Waals surface area contributed by atoms with Crippen molar-refractivity contribution < 1.29 is 19.0 Å². The molecular weight excluding hydrogens is 351 g/mol. The maximum Gasteiger partial charge on any atom is 0.306 e. The molecule has 0 bridgehead atoms. The predicted octanol–water partition coefficient (Wildman–Crippen LogP) is 5.29. The van der Waals surface area contributed by atoms with E-state index in [9.17, 15) is 4.79 Å². The van der Waals surface area contributed by atoms with Gasteiger partial charge in [-0.3, -0.25) is 4.79 Å². The van der Waals surface area contributed by atoms with Crippen LogP contribution in [0.1, 0.15) is 45.4 Å². The fraction of sp³-hybridized carbons (Fsp3) is 0.611. The topological polar surface area (TPSA) is 44.8 Å². The van der Waals surface area contributed by atoms with Crippen molar-refractivity contribution in [3.8, 4) is 5.75 Å². The Hall–Kier alpha value is -0.970. The van der Waals surface area contributed by atoms with E-state index in [4.69, 9.17) is 37.4 Å². The number of methoxy groups -OCH3 is 1. The van der Waals surface area contributed by atoms with Gasteiger partial charge < -0.3 is 14.2 Å². The van der Waals surface area contributed by atoms with Gasteiger partial charge in [-0.15, -0.1) is 0 Å². The molecule has 0 aliphatic rings. The number of esters is 1. The minimum atomic E-state index is -0.468. The van der Waals surface area contributed by atoms with Crippen molar-refractivity contribution in [2.45, 2.75) is 51.6 Å². The van der Waals surface area contributed by atoms with Crippen molar-refractivity contribution in [3.63, 3.8) is 0 Å². The number of hydrogen-bond donors (Lipinski definition) is 0. The van der Waals surface area contributed by atoms with Gasteiger partial charge >= 0.3 is 5.97 Å². The highest BCUT2D eigenvalue weighted by Gasteiger charge is 2.16. The van der Waals surface area contributed by atoms with Crippen LogP contribution in [-0.4, -0.2) is 32.4 Å². The summed E-state index contributed by atoms with van der Waals surface area (Å²) in [4.78, 5) is 11.9. The third-order valence-corrected chi connectivity index (χ3v) is 3.98. The molecule has 0 fully saturated rings. The Bertz CT molecular complexity index is 494. The third-order valence-electron chi connectivity index (χ3n) is 3.45. The number of hydrogen-bond acceptors (Lipinski definition) is 4. The Kier molecular flexibility index (Phi) is 10.9. The molecule has 1 atom stereocenters. The van der Waals surface area contributed by atoms with Gasteiger partial charge in [0, 0.05) is 18.6 Å². The van der Waals surface area contributed by atoms with E-state index in [1.54, 1.807) is 25.3 Å². The molecule has 0 aliphatic heterocycles. The van der Waals surface area contributed by atoms with E-state index in [-0.39, 0.29) is 19.2 Å². The number of ether oxygens (including phenoxy) is 3. The van der Waals surface area contributed by atoms with Gasteiger partial charge in [-0.2, -0.15) is 0 Å². The molecule has 1 aromatic carbocycles. The van der Waals surface area contributed by atoms with Gasteiger partial charge in [0.25, 0.3) is 0 Å². The molecule has 1 rings (SSSR count). The van der Waals surface area contributed by atoms with Gasteiger partial charge in [0.15, 0.2) is 6.10 Å². The van der Waals surface area contributed by atoms with Gasteiger partial charge in [-0.1, -0.05) is 55.8 Å². The van der Waals surface area contributed by atoms with Gasteiger partial charge in [0.05, 0.1) is 11.6 Å². The van der Waals surface area contributed by atoms with Crippen LogP contribution in [0.3, 0.4) is 0 Å². The first-order valence-electron chi connectivity index (χ1n) is 8.33. The van der Waals surface area contributed by atoms with Crippen LogP contribution in [0.25, 0.3) is 0 Å². The Morgan fingerprint density at radius 2 is 1.88 bits per heavy atom. The zero-order valence-electron chi connectivity index (χ0n) is 14.4. The minimum absolute atomic E-state index is 0.177. The van der Waals surface area contributed by atoms with E-state index in [1.165, 1.54) is 12.8 Å². The number of halogens is 2. The summed E-state index contributed by atoms with van der Waals surface area (Å²) in [5, 5.41) is 0.955. The van der Waals surface area contributed by atoms with Crippen molar-refractivity contribution in [1.82, 2.24) is 0 Å². The average Bonchev–Trinajstić information content (AvgIpc) is 2.54. The molecule has 4 nitrogen and oxygen atoms in total. The summed E-state index contributed by atoms with van der Waals surface area (Å²) in [6.45, 7) is 2.61. The van der Waals surface area contributed by atoms with Gasteiger partial charge in [0.2, 0.25) is 0 Å². The fourth-order valence-electron chi connectivity index (χ4n) is 2.19. The Balaban J connectivity index is 2.38. The summed E-state index contributed by atoms with van der Waals surface area (Å²) in [6.07, 6.45) is 5.40. The number of benzene rings is 1. The molecule has 0 aromatic heterocycles. The zero-order valence-corrected chi connectivity index (χ0v) is 15.9. The second-order valence-corrected chi connectivity index (χ2v) is 6.46. The Morgan fingerprint density at radius 1 is 1.12 bits per heavy atom. The van der Waals surface area contributed by atoms with E-state index in [0.29, 0.717) is 22.2 Å². The van der Waals surface area contributed by atoms with Crippen LogP contribution in [0.4, 0.5) is 0 Å². The lowest BCUT2D eigenvalue weighted by molar-refractivity contribution is -0.153. The number of carbonyl (C=O) groups excluding carboxylic acids is 1. The lowest BCUT2D eigenvalue weighted by Gasteiger charge is -2.18. The van der Waals surface area contributed by atoms with Crippen molar-refractivity contribution in [3.05, 3.63) is 28.2 Å². The number of rotatable bonds is 12. The van der Waals surface area contributed by atoms with Crippen LogP contribution in [0.5, 0.6) is 5.75 Å². The molecule has 0 aliphatic carbocycles. The minimum Gasteiger partial charge on any atom is -0.488 e. The van der Waals surface area contributed by atoms with E-state index in [0.717, 1.165) is 19.3 Å². The monoisotopic (exact) mass is 376 g/mol. The van der Waals surface area contributed by atoms with Crippen LogP contribution in [0.15, 0.2) is 18.2 Å². The van der Waals surface area contributed by atoms with E-state index in [1.807, 2.05) is 0 Å². The van der Waals surface area contributed by atoms with Crippen LogP contribution in [0, 0.1) is 0 Å². The van der Waals surface area contributed by atoms with Crippen LogP contribution < -0.4 is 4.74 Å². The second-order valence-electron chi connectivity index (χ2n) is 5.62. The molecule has 0 saturated carbocycles. The first-order valence-corrected chi connectivity index (χ1v) is 9.08. The number of unbranched alkanes of at least 4 members (excludes halogenated alkanes) is 4. The molecule has 0 radical (unpaired) electrons. The smallest absolute Gasteiger partial charge is 0.306 e. The zero-order chi connectivity index (χ0) is 17.8. The summed E-state index contributed by atoms with van der Waals surface area (Å²) >= 11 is 11.9. The molecule has 136 valence electrons. The van der Waals surface area contributed by atoms with Crippen molar-refractivity contribution in [1.29, 1.82) is 0 Å². The summed E-state index contributed by atoms with van der Waals surface area (Å²) in [5.41, 5.74) is 0. The fourth-order valence-corrected chi connectivity index (χ4v) is 2.66. The highest BCUT2D eigenvalue weighted by atomic mass is 35.5. The molecule has 1 unspecified atom stereocenters. The molecular formula is C18H26Cl2O4. The molecule has 6 heteroatoms. The highest BCUT2D eigenvalue weighted by Crippen LogP contribution is 2.27. The molecule has 24 heavy (non-hydrogen) atoms. The summed E-state index contributed by atoms with van der Waals surface area (Å²) in [6, 6.07) is 4.98. The lowest BCUT2D eigenvalue weighted by atomic mass is 10.1. The first-order chi connectivity index (χ1) is 11.6. The van der Waals surface area contributed by atoms with Crippen molar-refractivity contribution >= 4 is 29.2 Å². The third kappa shape index (κ3) is 8.76. The Morgan fingerprint density at radius 3 is 2.54 bits per heavy atom. The van der Waals surface area contributed by atoms with Crippen molar-refractivity contribution in [2.24, 2.45) is 0 Å². The van der Waals surface area contributed by atoms with Crippen molar-refractivity contribution in [2.75, 3.05) is 20.3 Å². The van der Waals surface area contributed by atoms with E-state index >= 15 is 0 Å². The number of carbonyl (C=O) groups is 1. The lowest BCUT2D eigenvalue weighted by Crippen LogP contribution is -2.29. The van der Waals surface area contributed by atoms with Gasteiger partial charge in [0.1, 0.15) is 12.4 Å². The predicted molar refractivity (Wildman–Crippen MR) is 97.1 cm³/mol. The van der Waals surface area contributed by atoms with Gasteiger partial charge in [-0.05, 0) is 24.6 Å². The highest BCUT2D eigenvalue weighted by molar-refractivity contribution is 6.35. The Labute approximate surface area is 154 Å². The average molecular weight is 377 g/mol. The van der Waals surface area contributed by atoms with E-state index in [2.05, 4.69) is 6.92 Å². The summed E-state index contributed by atoms with van der Waals surface area (Å²) in [7, 11) is 1.56. The maximum absolute atomic E-state index is 11.9. The quantitative estimate of drug-likeness (QED) is 0.367. The largest absolute Gasteiger partial charge is 0.488 e. The molecule has 0 heterocycles. The molecule has 0 amide bonds. The summed E-state index contributed by atoms with van der Waals surface area (Å²) in [5.74, 6) is 0.275. The normalized spacial score (nSPS) is 12.0. The molecule has 1 aromatic rings. The van der Waals surface area contributed by atoms with Crippen LogP contribution in [0.2, 0.25) is 10.0 Å². The van der Waals surface area contributed by atoms with Gasteiger partial charge in [-0.25, -0.2) is 0 Å². The molecule has 0 spiro atoms. The maximum atomic E-state index is 11.9. The molecule has 0 N–H and O–H groups in total. The SMILES string of the molecule is CCCCCCCC(=O)OC(COC)COc1ccc(Cl)cc1Cl. The molecule has 0 saturated heterocycles. The second kappa shape index (κ2) is 12.4. The van der Waals surface area contributed by atoms with E-state index < -0.39 is 6.10 Å². The van der Waals surface area contributed by atoms with Crippen LogP contribution in [-0.2, 0) is 14.3 Å². The summed E-state index contributed by atoms with van der Waals surface area (Å²) < 4.78 is 16.1. The standard InChI is InChI=1S/C18H26Cl2O4/c1-3-4-5-6-7-8-18(21)24-15(12-22-2)13-23-17-10-9-14(19)11-16(17)20/h9-11,15H,3-8,12-13H2,1-2H3. The van der Waals surface area contributed by atoms with Crippen LogP contribution >= 0.6 is 23.2 Å². The first kappa shape index (κ1) is 21.1.